The van der Waals surface area contributed by atoms with Crippen LogP contribution < -0.4 is 11.1 Å². The average Bonchev–Trinajstić information content (AvgIpc) is 2.64. The minimum absolute atomic E-state index is 0.0485. The van der Waals surface area contributed by atoms with Gasteiger partial charge in [-0.25, -0.2) is 0 Å². The van der Waals surface area contributed by atoms with E-state index in [0.29, 0.717) is 0 Å². The van der Waals surface area contributed by atoms with E-state index >= 15 is 0 Å². The summed E-state index contributed by atoms with van der Waals surface area (Å²) in [5.74, 6) is 0. The van der Waals surface area contributed by atoms with Gasteiger partial charge in [-0.1, -0.05) is 19.3 Å². The third kappa shape index (κ3) is 3.66. The number of nitro benzene ring substituents is 2. The first-order chi connectivity index (χ1) is 9.99. The van der Waals surface area contributed by atoms with Crippen LogP contribution in [-0.2, 0) is 0 Å². The third-order valence-corrected chi connectivity index (χ3v) is 3.80. The number of benzene rings is 1. The zero-order chi connectivity index (χ0) is 15.4. The maximum absolute atomic E-state index is 11.1. The van der Waals surface area contributed by atoms with Crippen LogP contribution in [0.15, 0.2) is 18.2 Å². The average molecular weight is 294 g/mol. The zero-order valence-corrected chi connectivity index (χ0v) is 11.5. The Morgan fingerprint density at radius 3 is 2.48 bits per heavy atom. The monoisotopic (exact) mass is 294 g/mol. The Morgan fingerprint density at radius 2 is 1.81 bits per heavy atom. The second-order valence-electron chi connectivity index (χ2n) is 5.27. The van der Waals surface area contributed by atoms with Crippen LogP contribution >= 0.6 is 0 Å². The molecule has 0 amide bonds. The molecule has 0 spiro atoms. The standard InChI is InChI=1S/C13H18N4O4/c14-10-4-2-1-3-5-11(10)15-12-7-6-9(16(18)19)8-13(12)17(20)21/h6-8,10-11,15H,1-5,14H2. The Labute approximate surface area is 121 Å². The fourth-order valence-electron chi connectivity index (χ4n) is 2.62. The van der Waals surface area contributed by atoms with Crippen molar-refractivity contribution >= 4 is 17.1 Å². The first-order valence-corrected chi connectivity index (χ1v) is 6.94. The van der Waals surface area contributed by atoms with E-state index in [-0.39, 0.29) is 29.1 Å². The molecule has 1 aliphatic rings. The summed E-state index contributed by atoms with van der Waals surface area (Å²) >= 11 is 0. The SMILES string of the molecule is NC1CCCCCC1Nc1ccc([N+](=O)[O-])cc1[N+](=O)[O-]. The highest BCUT2D eigenvalue weighted by molar-refractivity contribution is 5.65. The van der Waals surface area contributed by atoms with Crippen LogP contribution in [0.1, 0.15) is 32.1 Å². The highest BCUT2D eigenvalue weighted by Crippen LogP contribution is 2.31. The Morgan fingerprint density at radius 1 is 1.10 bits per heavy atom. The number of hydrogen-bond acceptors (Lipinski definition) is 6. The second-order valence-corrected chi connectivity index (χ2v) is 5.27. The van der Waals surface area contributed by atoms with Crippen molar-refractivity contribution in [2.24, 2.45) is 5.73 Å². The van der Waals surface area contributed by atoms with Crippen LogP contribution in [0.5, 0.6) is 0 Å². The highest BCUT2D eigenvalue weighted by Gasteiger charge is 2.25. The molecule has 2 atom stereocenters. The fourth-order valence-corrected chi connectivity index (χ4v) is 2.62. The predicted octanol–water partition coefficient (Wildman–Crippen LogP) is 2.57. The van der Waals surface area contributed by atoms with Gasteiger partial charge in [-0.2, -0.15) is 0 Å². The normalized spacial score (nSPS) is 22.3. The summed E-state index contributed by atoms with van der Waals surface area (Å²) in [6.45, 7) is 0. The highest BCUT2D eigenvalue weighted by atomic mass is 16.6. The Kier molecular flexibility index (Phi) is 4.69. The van der Waals surface area contributed by atoms with Gasteiger partial charge in [0, 0.05) is 18.2 Å². The summed E-state index contributed by atoms with van der Waals surface area (Å²) in [7, 11) is 0. The summed E-state index contributed by atoms with van der Waals surface area (Å²) in [6.07, 6.45) is 4.90. The van der Waals surface area contributed by atoms with E-state index in [1.54, 1.807) is 0 Å². The molecule has 2 rings (SSSR count). The summed E-state index contributed by atoms with van der Waals surface area (Å²) in [4.78, 5) is 20.6. The van der Waals surface area contributed by atoms with Crippen LogP contribution in [0.2, 0.25) is 0 Å². The molecule has 2 unspecified atom stereocenters. The molecule has 0 radical (unpaired) electrons. The van der Waals surface area contributed by atoms with Crippen molar-refractivity contribution in [2.45, 2.75) is 44.2 Å². The van der Waals surface area contributed by atoms with Gasteiger partial charge in [0.2, 0.25) is 0 Å². The van der Waals surface area contributed by atoms with Crippen molar-refractivity contribution in [3.8, 4) is 0 Å². The first-order valence-electron chi connectivity index (χ1n) is 6.94. The van der Waals surface area contributed by atoms with Gasteiger partial charge in [0.25, 0.3) is 11.4 Å². The van der Waals surface area contributed by atoms with Crippen molar-refractivity contribution in [1.29, 1.82) is 0 Å². The molecular weight excluding hydrogens is 276 g/mol. The molecule has 1 saturated carbocycles. The van der Waals surface area contributed by atoms with Gasteiger partial charge >= 0.3 is 0 Å². The van der Waals surface area contributed by atoms with Crippen molar-refractivity contribution in [1.82, 2.24) is 0 Å². The smallest absolute Gasteiger partial charge is 0.299 e. The summed E-state index contributed by atoms with van der Waals surface area (Å²) < 4.78 is 0. The van der Waals surface area contributed by atoms with Crippen LogP contribution in [0.3, 0.4) is 0 Å². The van der Waals surface area contributed by atoms with Crippen LogP contribution in [0, 0.1) is 20.2 Å². The Hall–Kier alpha value is -2.22. The molecule has 0 bridgehead atoms. The lowest BCUT2D eigenvalue weighted by atomic mass is 10.0. The Bertz CT molecular complexity index is 549. The molecule has 21 heavy (non-hydrogen) atoms. The number of rotatable bonds is 4. The van der Waals surface area contributed by atoms with E-state index in [9.17, 15) is 20.2 Å². The number of non-ortho nitro benzene ring substituents is 1. The molecule has 1 aromatic rings. The van der Waals surface area contributed by atoms with E-state index in [2.05, 4.69) is 5.32 Å². The van der Waals surface area contributed by atoms with E-state index in [4.69, 9.17) is 5.73 Å². The number of nitrogens with one attached hydrogen (secondary N) is 1. The minimum atomic E-state index is -0.645. The lowest BCUT2D eigenvalue weighted by molar-refractivity contribution is -0.393. The molecule has 0 heterocycles. The summed E-state index contributed by atoms with van der Waals surface area (Å²) in [6, 6.07) is 3.51. The molecule has 8 nitrogen and oxygen atoms in total. The molecule has 3 N–H and O–H groups in total. The van der Waals surface area contributed by atoms with E-state index in [0.717, 1.165) is 38.2 Å². The number of nitro groups is 2. The quantitative estimate of drug-likeness (QED) is 0.499. The van der Waals surface area contributed by atoms with Crippen molar-refractivity contribution in [3.63, 3.8) is 0 Å². The van der Waals surface area contributed by atoms with Crippen molar-refractivity contribution in [2.75, 3.05) is 5.32 Å². The lowest BCUT2D eigenvalue weighted by Crippen LogP contribution is -2.39. The maximum atomic E-state index is 11.1. The van der Waals surface area contributed by atoms with Gasteiger partial charge in [0.15, 0.2) is 0 Å². The van der Waals surface area contributed by atoms with Crippen molar-refractivity contribution < 1.29 is 9.85 Å². The largest absolute Gasteiger partial charge is 0.375 e. The molecule has 1 aromatic carbocycles. The Balaban J connectivity index is 2.26. The van der Waals surface area contributed by atoms with Crippen LogP contribution in [-0.4, -0.2) is 21.9 Å². The second kappa shape index (κ2) is 6.49. The van der Waals surface area contributed by atoms with E-state index < -0.39 is 9.85 Å². The molecular formula is C13H18N4O4. The number of hydrogen-bond donors (Lipinski definition) is 2. The summed E-state index contributed by atoms with van der Waals surface area (Å²) in [5.41, 5.74) is 5.79. The molecule has 1 aliphatic carbocycles. The number of nitrogens with two attached hydrogens (primary N) is 1. The molecule has 0 saturated heterocycles. The van der Waals surface area contributed by atoms with Gasteiger partial charge in [0.1, 0.15) is 5.69 Å². The summed E-state index contributed by atoms with van der Waals surface area (Å²) in [5, 5.41) is 24.9. The lowest BCUT2D eigenvalue weighted by Gasteiger charge is -2.23. The zero-order valence-electron chi connectivity index (χ0n) is 11.5. The first kappa shape index (κ1) is 15.2. The molecule has 114 valence electrons. The van der Waals surface area contributed by atoms with Gasteiger partial charge in [-0.15, -0.1) is 0 Å². The maximum Gasteiger partial charge on any atom is 0.299 e. The fraction of sp³-hybridized carbons (Fsp3) is 0.538. The molecule has 1 fully saturated rings. The van der Waals surface area contributed by atoms with Gasteiger partial charge in [0.05, 0.1) is 15.9 Å². The van der Waals surface area contributed by atoms with Crippen molar-refractivity contribution in [3.05, 3.63) is 38.4 Å². The predicted molar refractivity (Wildman–Crippen MR) is 78.2 cm³/mol. The van der Waals surface area contributed by atoms with Gasteiger partial charge in [-0.05, 0) is 18.9 Å². The minimum Gasteiger partial charge on any atom is -0.375 e. The topological polar surface area (TPSA) is 124 Å². The number of anilines is 1. The number of nitrogens with zero attached hydrogens (tertiary/aromatic N) is 2. The van der Waals surface area contributed by atoms with E-state index in [1.165, 1.54) is 12.1 Å². The van der Waals surface area contributed by atoms with Gasteiger partial charge < -0.3 is 11.1 Å². The van der Waals surface area contributed by atoms with Crippen LogP contribution in [0.25, 0.3) is 0 Å². The molecule has 8 heteroatoms. The van der Waals surface area contributed by atoms with E-state index in [1.807, 2.05) is 0 Å². The molecule has 0 aliphatic heterocycles. The molecule has 0 aromatic heterocycles. The third-order valence-electron chi connectivity index (χ3n) is 3.80. The van der Waals surface area contributed by atoms with Gasteiger partial charge in [-0.3, -0.25) is 20.2 Å². The van der Waals surface area contributed by atoms with Crippen LogP contribution in [0.4, 0.5) is 17.1 Å².